The molecule has 4 aromatic rings. The molecule has 4 unspecified atom stereocenters. The largest absolute Gasteiger partial charge is 0.386 e. The zero-order valence-electron chi connectivity index (χ0n) is 40.0. The van der Waals surface area contributed by atoms with Crippen molar-refractivity contribution in [2.45, 2.75) is 74.7 Å². The van der Waals surface area contributed by atoms with E-state index in [1.165, 1.54) is 33.9 Å². The molecule has 0 saturated carbocycles. The van der Waals surface area contributed by atoms with Crippen LogP contribution < -0.4 is 27.9 Å². The van der Waals surface area contributed by atoms with Crippen molar-refractivity contribution in [2.24, 2.45) is 0 Å². The van der Waals surface area contributed by atoms with E-state index in [0.29, 0.717) is 26.2 Å². The lowest BCUT2D eigenvalue weighted by molar-refractivity contribution is -0.137. The summed E-state index contributed by atoms with van der Waals surface area (Å²) in [5.74, 6) is -1.97. The summed E-state index contributed by atoms with van der Waals surface area (Å²) in [6.07, 6.45) is -4.20. The maximum atomic E-state index is 14.3. The second-order valence-corrected chi connectivity index (χ2v) is 21.3. The van der Waals surface area contributed by atoms with Gasteiger partial charge in [-0.15, -0.1) is 0 Å². The van der Waals surface area contributed by atoms with E-state index >= 15 is 0 Å². The van der Waals surface area contributed by atoms with E-state index in [1.807, 2.05) is 0 Å². The molecule has 0 bridgehead atoms. The number of aromatic amines is 2. The van der Waals surface area contributed by atoms with Gasteiger partial charge in [0, 0.05) is 57.9 Å². The van der Waals surface area contributed by atoms with Crippen LogP contribution in [0.5, 0.6) is 0 Å². The summed E-state index contributed by atoms with van der Waals surface area (Å²) in [5.41, 5.74) is 10.0. The highest BCUT2D eigenvalue weighted by molar-refractivity contribution is 7.53. The van der Waals surface area contributed by atoms with Crippen molar-refractivity contribution < 1.29 is 79.9 Å². The van der Waals surface area contributed by atoms with Crippen molar-refractivity contribution in [3.63, 3.8) is 0 Å². The summed E-state index contributed by atoms with van der Waals surface area (Å²) in [5, 5.41) is 14.4. The van der Waals surface area contributed by atoms with Gasteiger partial charge in [-0.2, -0.15) is 9.97 Å². The number of amides is 3. The molecule has 10 atom stereocenters. The number of imide groups is 1. The average Bonchev–Trinajstić information content (AvgIpc) is 4.16. The lowest BCUT2D eigenvalue weighted by Crippen LogP contribution is -2.48. The number of carbonyl (C=O) groups excluding carboxylic acids is 4. The Bertz CT molecular complexity index is 2930. The van der Waals surface area contributed by atoms with Crippen LogP contribution in [-0.2, 0) is 74.8 Å². The van der Waals surface area contributed by atoms with Crippen molar-refractivity contribution in [1.29, 1.82) is 0 Å². The minimum Gasteiger partial charge on any atom is -0.386 e. The number of nitrogen functional groups attached to an aromatic ring is 2. The zero-order chi connectivity index (χ0) is 52.7. The van der Waals surface area contributed by atoms with Crippen LogP contribution in [0.25, 0.3) is 22.3 Å². The maximum absolute atomic E-state index is 14.3. The van der Waals surface area contributed by atoms with Crippen LogP contribution in [0.2, 0.25) is 0 Å². The van der Waals surface area contributed by atoms with Crippen LogP contribution in [0.15, 0.2) is 34.4 Å². The number of imidazole rings is 2. The number of Topliss-reactive ketones (excluding diaryl/α,β-unsaturated/α-hetero) is 1. The fourth-order valence-corrected chi connectivity index (χ4v) is 10.7. The zero-order valence-corrected chi connectivity index (χ0v) is 41.8. The first-order chi connectivity index (χ1) is 35.4. The van der Waals surface area contributed by atoms with E-state index in [2.05, 4.69) is 35.2 Å². The van der Waals surface area contributed by atoms with E-state index < -0.39 is 106 Å². The Balaban J connectivity index is 0.827. The number of anilines is 2. The van der Waals surface area contributed by atoms with Crippen LogP contribution >= 0.6 is 15.2 Å². The molecule has 0 radical (unpaired) electrons. The summed E-state index contributed by atoms with van der Waals surface area (Å²) in [6.45, 7) is 2.94. The van der Waals surface area contributed by atoms with Gasteiger partial charge in [-0.1, -0.05) is 0 Å². The van der Waals surface area contributed by atoms with E-state index in [4.69, 9.17) is 58.0 Å². The highest BCUT2D eigenvalue weighted by atomic mass is 31.2. The quantitative estimate of drug-likeness (QED) is 0.0301. The maximum Gasteiger partial charge on any atom is 0.328 e. The number of nitrogens with two attached hydrogens (primary N) is 2. The SMILES string of the molecule is CP1(=O)OC[C@H]2O[C@@H](n3cnc4c(=O)[nH]c(N)nc43)[C@@H](NC(=O)CCOCCOCCOCCOCCCC(=O)CCN3C(=O)C=CC3=O)C2OP(C)(=O)OC[C@H]2O[C@@H](n3cnc4c(=O)[nH]c(N)nc43)[C@@H](O)C2O1. The van der Waals surface area contributed by atoms with Gasteiger partial charge in [-0.3, -0.25) is 66.4 Å². The molecule has 8 rings (SSSR count). The van der Waals surface area contributed by atoms with Gasteiger partial charge in [0.05, 0.1) is 72.1 Å². The van der Waals surface area contributed by atoms with Crippen molar-refractivity contribution in [3.05, 3.63) is 45.5 Å². The normalized spacial score (nSPS) is 28.4. The molecule has 3 fully saturated rings. The highest BCUT2D eigenvalue weighted by Crippen LogP contribution is 2.54. The second-order valence-electron chi connectivity index (χ2n) is 17.3. The van der Waals surface area contributed by atoms with Gasteiger partial charge in [0.2, 0.25) is 17.8 Å². The molecule has 0 spiro atoms. The van der Waals surface area contributed by atoms with E-state index in [1.54, 1.807) is 0 Å². The minimum atomic E-state index is -4.22. The summed E-state index contributed by atoms with van der Waals surface area (Å²) in [7, 11) is -8.40. The molecule has 0 aliphatic carbocycles. The van der Waals surface area contributed by atoms with Crippen molar-refractivity contribution >= 4 is 72.9 Å². The molecule has 4 aromatic heterocycles. The molecule has 0 aromatic carbocycles. The van der Waals surface area contributed by atoms with Crippen LogP contribution in [0.1, 0.15) is 38.1 Å². The molecule has 404 valence electrons. The van der Waals surface area contributed by atoms with Crippen molar-refractivity contribution in [1.82, 2.24) is 49.3 Å². The number of aliphatic hydroxyl groups excluding tert-OH is 1. The molecule has 33 heteroatoms. The Kier molecular flexibility index (Phi) is 17.6. The van der Waals surface area contributed by atoms with Crippen molar-refractivity contribution in [3.8, 4) is 0 Å². The number of aromatic nitrogens is 8. The third kappa shape index (κ3) is 13.2. The van der Waals surface area contributed by atoms with Crippen LogP contribution in [-0.4, -0.2) is 195 Å². The van der Waals surface area contributed by atoms with Gasteiger partial charge in [-0.05, 0) is 6.42 Å². The standard InChI is InChI=1S/C41H56N12O19P2/c1-73(61)68-19-24-33(31(58)39(70-24)53-21-45-30-35(53)48-41(43)50-37(30)60)72-74(2,62)67-18-23-32(71-73)28(38(69-23)52-20-44-29-34(52)47-40(42)49-36(29)59)46-25(55)8-11-64-13-15-66-17-16-65-14-12-63-10-3-4-22(54)7-9-51-26(56)5-6-27(51)57/h5-6,20-21,23-24,28,31-33,38-39,58H,3-4,7-19H2,1-2H3,(H,46,55)(H3,42,47,49,59)(H3,43,48,50,60)/t23-,24-,28+,31+,32?,33?,38-,39-,73?,74?/m1/s1. The van der Waals surface area contributed by atoms with Gasteiger partial charge < -0.3 is 63.9 Å². The topological polar surface area (TPSA) is 409 Å². The highest BCUT2D eigenvalue weighted by Gasteiger charge is 2.53. The molecule has 8 heterocycles. The Morgan fingerprint density at radius 1 is 0.716 bits per heavy atom. The molecular weight excluding hydrogens is 1030 g/mol. The molecule has 3 saturated heterocycles. The lowest BCUT2D eigenvalue weighted by Gasteiger charge is -2.30. The lowest BCUT2D eigenvalue weighted by atomic mass is 10.1. The first-order valence-electron chi connectivity index (χ1n) is 23.3. The Morgan fingerprint density at radius 2 is 1.20 bits per heavy atom. The Morgan fingerprint density at radius 3 is 1.77 bits per heavy atom. The number of H-pyrrole nitrogens is 2. The van der Waals surface area contributed by atoms with Crippen LogP contribution in [0.4, 0.5) is 11.9 Å². The molecular formula is C41H56N12O19P2. The number of nitrogens with zero attached hydrogens (tertiary/aromatic N) is 7. The average molecular weight is 1080 g/mol. The number of fused-ring (bicyclic) bond motifs is 4. The fourth-order valence-electron chi connectivity index (χ4n) is 8.36. The van der Waals surface area contributed by atoms with Gasteiger partial charge in [0.15, 0.2) is 34.8 Å². The van der Waals surface area contributed by atoms with E-state index in [-0.39, 0.29) is 98.8 Å². The predicted octanol–water partition coefficient (Wildman–Crippen LogP) is -1.36. The molecule has 74 heavy (non-hydrogen) atoms. The first-order valence-corrected chi connectivity index (χ1v) is 27.3. The monoisotopic (exact) mass is 1080 g/mol. The predicted molar refractivity (Wildman–Crippen MR) is 252 cm³/mol. The van der Waals surface area contributed by atoms with Gasteiger partial charge in [-0.25, -0.2) is 9.97 Å². The first kappa shape index (κ1) is 54.6. The number of ether oxygens (including phenoxy) is 6. The number of hydrogen-bond donors (Lipinski definition) is 6. The second kappa shape index (κ2) is 23.9. The fraction of sp³-hybridized carbons (Fsp3) is 0.610. The van der Waals surface area contributed by atoms with Crippen LogP contribution in [0.3, 0.4) is 0 Å². The Labute approximate surface area is 418 Å². The number of aliphatic hydroxyl groups is 1. The molecule has 31 nitrogen and oxygen atoms in total. The molecule has 4 aliphatic heterocycles. The molecule has 3 amide bonds. The van der Waals surface area contributed by atoms with Gasteiger partial charge in [0.25, 0.3) is 22.9 Å². The third-order valence-electron chi connectivity index (χ3n) is 11.9. The number of ketones is 1. The summed E-state index contributed by atoms with van der Waals surface area (Å²) in [4.78, 5) is 96.4. The molecule has 8 N–H and O–H groups in total. The number of carbonyl (C=O) groups is 4. The van der Waals surface area contributed by atoms with E-state index in [9.17, 15) is 43.0 Å². The van der Waals surface area contributed by atoms with Gasteiger partial charge in [0.1, 0.15) is 42.3 Å². The Hall–Kier alpha value is -5.66. The third-order valence-corrected chi connectivity index (χ3v) is 14.3. The number of hydrogen-bond acceptors (Lipinski definition) is 25. The van der Waals surface area contributed by atoms with Gasteiger partial charge >= 0.3 is 15.2 Å². The number of nitrogens with one attached hydrogen (secondary N) is 3. The summed E-state index contributed by atoms with van der Waals surface area (Å²) >= 11 is 0. The summed E-state index contributed by atoms with van der Waals surface area (Å²) in [6, 6.07) is -1.25. The number of rotatable bonds is 22. The molecule has 4 aliphatic rings. The summed E-state index contributed by atoms with van der Waals surface area (Å²) < 4.78 is 89.3. The smallest absolute Gasteiger partial charge is 0.328 e. The minimum absolute atomic E-state index is 0.0389. The van der Waals surface area contributed by atoms with Crippen molar-refractivity contribution in [2.75, 3.05) is 97.4 Å². The van der Waals surface area contributed by atoms with E-state index in [0.717, 1.165) is 18.2 Å². The van der Waals surface area contributed by atoms with Crippen LogP contribution in [0, 0.1) is 0 Å².